The molecule has 18 heavy (non-hydrogen) atoms. The molecule has 0 saturated carbocycles. The first-order valence-corrected chi connectivity index (χ1v) is 5.56. The third-order valence-electron chi connectivity index (χ3n) is 2.58. The third kappa shape index (κ3) is 2.07. The van der Waals surface area contributed by atoms with E-state index in [9.17, 15) is 9.59 Å². The van der Waals surface area contributed by atoms with Crippen molar-refractivity contribution in [3.8, 4) is 0 Å². The van der Waals surface area contributed by atoms with E-state index in [0.29, 0.717) is 11.3 Å². The minimum Gasteiger partial charge on any atom is -0.462 e. The zero-order chi connectivity index (χ0) is 13.1. The van der Waals surface area contributed by atoms with Gasteiger partial charge in [-0.3, -0.25) is 4.79 Å². The number of amides is 1. The zero-order valence-corrected chi connectivity index (χ0v) is 10.2. The van der Waals surface area contributed by atoms with Gasteiger partial charge in [-0.05, 0) is 19.1 Å². The van der Waals surface area contributed by atoms with Crippen LogP contribution in [-0.2, 0) is 14.3 Å². The summed E-state index contributed by atoms with van der Waals surface area (Å²) in [6.45, 7) is 1.82. The molecule has 0 aliphatic rings. The largest absolute Gasteiger partial charge is 0.462 e. The Morgan fingerprint density at radius 1 is 1.33 bits per heavy atom. The lowest BCUT2D eigenvalue weighted by molar-refractivity contribution is -0.153. The SMILES string of the molecule is CCOC(=O)C(=O)N(C)c1coc2ccccc12. The van der Waals surface area contributed by atoms with E-state index in [-0.39, 0.29) is 6.61 Å². The summed E-state index contributed by atoms with van der Waals surface area (Å²) in [6.07, 6.45) is 1.45. The Labute approximate surface area is 104 Å². The minimum absolute atomic E-state index is 0.171. The third-order valence-corrected chi connectivity index (χ3v) is 2.58. The van der Waals surface area contributed by atoms with Crippen molar-refractivity contribution >= 4 is 28.5 Å². The van der Waals surface area contributed by atoms with Crippen molar-refractivity contribution in [2.24, 2.45) is 0 Å². The van der Waals surface area contributed by atoms with Crippen LogP contribution in [0.4, 0.5) is 5.69 Å². The summed E-state index contributed by atoms with van der Waals surface area (Å²) in [5, 5.41) is 0.776. The number of benzene rings is 1. The second kappa shape index (κ2) is 4.91. The predicted octanol–water partition coefficient (Wildman–Crippen LogP) is 1.96. The molecule has 1 heterocycles. The van der Waals surface area contributed by atoms with Gasteiger partial charge in [-0.1, -0.05) is 12.1 Å². The molecule has 0 fully saturated rings. The first-order chi connectivity index (χ1) is 8.65. The normalized spacial score (nSPS) is 10.3. The number of fused-ring (bicyclic) bond motifs is 1. The van der Waals surface area contributed by atoms with Crippen molar-refractivity contribution in [1.82, 2.24) is 0 Å². The molecule has 0 radical (unpaired) electrons. The first-order valence-electron chi connectivity index (χ1n) is 5.56. The number of rotatable bonds is 2. The quantitative estimate of drug-likeness (QED) is 0.601. The number of hydrogen-bond donors (Lipinski definition) is 0. The molecular weight excluding hydrogens is 234 g/mol. The van der Waals surface area contributed by atoms with Gasteiger partial charge in [0.1, 0.15) is 11.8 Å². The maximum absolute atomic E-state index is 11.8. The van der Waals surface area contributed by atoms with Crippen LogP contribution in [0.5, 0.6) is 0 Å². The molecule has 0 N–H and O–H groups in total. The minimum atomic E-state index is -0.870. The monoisotopic (exact) mass is 247 g/mol. The fourth-order valence-corrected chi connectivity index (χ4v) is 1.66. The smallest absolute Gasteiger partial charge is 0.397 e. The number of carbonyl (C=O) groups excluding carboxylic acids is 2. The van der Waals surface area contributed by atoms with Crippen LogP contribution in [0, 0.1) is 0 Å². The lowest BCUT2D eigenvalue weighted by Crippen LogP contribution is -2.34. The number of furan rings is 1. The number of hydrogen-bond acceptors (Lipinski definition) is 4. The first kappa shape index (κ1) is 12.2. The molecule has 1 aromatic carbocycles. The average Bonchev–Trinajstić information content (AvgIpc) is 2.81. The molecule has 0 unspecified atom stereocenters. The Morgan fingerprint density at radius 2 is 2.06 bits per heavy atom. The highest BCUT2D eigenvalue weighted by Crippen LogP contribution is 2.28. The zero-order valence-electron chi connectivity index (χ0n) is 10.2. The molecule has 0 bridgehead atoms. The van der Waals surface area contributed by atoms with Crippen molar-refractivity contribution in [3.05, 3.63) is 30.5 Å². The molecule has 1 aromatic heterocycles. The van der Waals surface area contributed by atoms with Gasteiger partial charge < -0.3 is 14.1 Å². The maximum Gasteiger partial charge on any atom is 0.397 e. The molecule has 0 atom stereocenters. The second-order valence-corrected chi connectivity index (χ2v) is 3.70. The van der Waals surface area contributed by atoms with Gasteiger partial charge in [-0.15, -0.1) is 0 Å². The van der Waals surface area contributed by atoms with E-state index in [1.165, 1.54) is 18.2 Å². The van der Waals surface area contributed by atoms with Crippen molar-refractivity contribution in [2.75, 3.05) is 18.6 Å². The van der Waals surface area contributed by atoms with E-state index >= 15 is 0 Å². The highest BCUT2D eigenvalue weighted by atomic mass is 16.5. The van der Waals surface area contributed by atoms with E-state index in [1.54, 1.807) is 13.0 Å². The van der Waals surface area contributed by atoms with Crippen LogP contribution in [0.2, 0.25) is 0 Å². The molecular formula is C13H13NO4. The van der Waals surface area contributed by atoms with Crippen LogP contribution >= 0.6 is 0 Å². The summed E-state index contributed by atoms with van der Waals surface area (Å²) < 4.78 is 9.99. The average molecular weight is 247 g/mol. The maximum atomic E-state index is 11.8. The van der Waals surface area contributed by atoms with Crippen LogP contribution in [0.25, 0.3) is 11.0 Å². The highest BCUT2D eigenvalue weighted by Gasteiger charge is 2.23. The van der Waals surface area contributed by atoms with E-state index < -0.39 is 11.9 Å². The fourth-order valence-electron chi connectivity index (χ4n) is 1.66. The Hall–Kier alpha value is -2.30. The summed E-state index contributed by atoms with van der Waals surface area (Å²) in [7, 11) is 1.51. The van der Waals surface area contributed by atoms with Gasteiger partial charge in [-0.2, -0.15) is 0 Å². The van der Waals surface area contributed by atoms with E-state index in [2.05, 4.69) is 4.74 Å². The molecule has 5 nitrogen and oxygen atoms in total. The topological polar surface area (TPSA) is 59.8 Å². The van der Waals surface area contributed by atoms with Gasteiger partial charge in [0.2, 0.25) is 0 Å². The summed E-state index contributed by atoms with van der Waals surface area (Å²) >= 11 is 0. The van der Waals surface area contributed by atoms with Crippen molar-refractivity contribution in [2.45, 2.75) is 6.92 Å². The molecule has 94 valence electrons. The van der Waals surface area contributed by atoms with E-state index in [1.807, 2.05) is 18.2 Å². The molecule has 0 saturated heterocycles. The number of para-hydroxylation sites is 1. The number of esters is 1. The Morgan fingerprint density at radius 3 is 2.78 bits per heavy atom. The van der Waals surface area contributed by atoms with Crippen LogP contribution in [-0.4, -0.2) is 25.5 Å². The summed E-state index contributed by atoms with van der Waals surface area (Å²) in [5.41, 5.74) is 1.21. The standard InChI is InChI=1S/C13H13NO4/c1-3-17-13(16)12(15)14(2)10-8-18-11-7-5-4-6-9(10)11/h4-8H,3H2,1-2H3. The predicted molar refractivity (Wildman–Crippen MR) is 66.3 cm³/mol. The molecule has 0 spiro atoms. The van der Waals surface area contributed by atoms with Crippen LogP contribution in [0.1, 0.15) is 6.92 Å². The van der Waals surface area contributed by atoms with Crippen molar-refractivity contribution < 1.29 is 18.7 Å². The molecule has 2 rings (SSSR count). The number of anilines is 1. The van der Waals surface area contributed by atoms with Crippen molar-refractivity contribution in [3.63, 3.8) is 0 Å². The molecule has 5 heteroatoms. The Bertz CT molecular complexity index is 587. The van der Waals surface area contributed by atoms with Gasteiger partial charge in [0.25, 0.3) is 0 Å². The Kier molecular flexibility index (Phi) is 3.32. The van der Waals surface area contributed by atoms with Gasteiger partial charge in [0.15, 0.2) is 0 Å². The van der Waals surface area contributed by atoms with Gasteiger partial charge >= 0.3 is 11.9 Å². The molecule has 0 aliphatic heterocycles. The number of nitrogens with zero attached hydrogens (tertiary/aromatic N) is 1. The van der Waals surface area contributed by atoms with Crippen LogP contribution in [0.3, 0.4) is 0 Å². The van der Waals surface area contributed by atoms with Gasteiger partial charge in [-0.25, -0.2) is 4.79 Å². The number of ether oxygens (including phenoxy) is 1. The Balaban J connectivity index is 2.31. The second-order valence-electron chi connectivity index (χ2n) is 3.70. The fraction of sp³-hybridized carbons (Fsp3) is 0.231. The van der Waals surface area contributed by atoms with Gasteiger partial charge in [0.05, 0.1) is 12.3 Å². The van der Waals surface area contributed by atoms with E-state index in [0.717, 1.165) is 5.39 Å². The lowest BCUT2D eigenvalue weighted by atomic mass is 10.2. The highest BCUT2D eigenvalue weighted by molar-refractivity contribution is 6.38. The molecule has 2 aromatic rings. The summed E-state index contributed by atoms with van der Waals surface area (Å²) in [6, 6.07) is 7.29. The molecule has 1 amide bonds. The molecule has 0 aliphatic carbocycles. The number of carbonyl (C=O) groups is 2. The van der Waals surface area contributed by atoms with Gasteiger partial charge in [0, 0.05) is 12.4 Å². The van der Waals surface area contributed by atoms with E-state index in [4.69, 9.17) is 4.42 Å². The van der Waals surface area contributed by atoms with Crippen molar-refractivity contribution in [1.29, 1.82) is 0 Å². The summed E-state index contributed by atoms with van der Waals surface area (Å²) in [4.78, 5) is 24.4. The van der Waals surface area contributed by atoms with Crippen LogP contribution < -0.4 is 4.90 Å². The lowest BCUT2D eigenvalue weighted by Gasteiger charge is -2.13. The van der Waals surface area contributed by atoms with Crippen LogP contribution in [0.15, 0.2) is 34.9 Å². The number of likely N-dealkylation sites (N-methyl/N-ethyl adjacent to an activating group) is 1. The summed E-state index contributed by atoms with van der Waals surface area (Å²) in [5.74, 6) is -1.59.